The fourth-order valence-corrected chi connectivity index (χ4v) is 3.08. The molecule has 27 heavy (non-hydrogen) atoms. The summed E-state index contributed by atoms with van der Waals surface area (Å²) in [7, 11) is 1.87. The Morgan fingerprint density at radius 1 is 1.11 bits per heavy atom. The molecule has 1 N–H and O–H groups in total. The SMILES string of the molecule is CCN(CC)C(=O)CN(C)CCC(=O)Nc1ccc(N2CCOCC2)cc1. The summed E-state index contributed by atoms with van der Waals surface area (Å²) >= 11 is 0. The lowest BCUT2D eigenvalue weighted by molar-refractivity contribution is -0.132. The summed E-state index contributed by atoms with van der Waals surface area (Å²) in [4.78, 5) is 30.2. The number of anilines is 2. The number of benzene rings is 1. The Balaban J connectivity index is 1.74. The van der Waals surface area contributed by atoms with E-state index in [4.69, 9.17) is 4.74 Å². The van der Waals surface area contributed by atoms with Crippen molar-refractivity contribution in [2.45, 2.75) is 20.3 Å². The van der Waals surface area contributed by atoms with Gasteiger partial charge in [0.2, 0.25) is 11.8 Å². The molecule has 0 atom stereocenters. The Labute approximate surface area is 162 Å². The molecule has 1 aliphatic rings. The number of amides is 2. The van der Waals surface area contributed by atoms with E-state index < -0.39 is 0 Å². The third-order valence-electron chi connectivity index (χ3n) is 4.77. The standard InChI is InChI=1S/C20H32N4O3/c1-4-23(5-2)20(26)16-22(3)11-10-19(25)21-17-6-8-18(9-7-17)24-12-14-27-15-13-24/h6-9H,4-5,10-16H2,1-3H3,(H,21,25). The molecular weight excluding hydrogens is 344 g/mol. The van der Waals surface area contributed by atoms with Crippen molar-refractivity contribution in [2.24, 2.45) is 0 Å². The van der Waals surface area contributed by atoms with Crippen molar-refractivity contribution in [3.63, 3.8) is 0 Å². The number of rotatable bonds is 9. The second kappa shape index (κ2) is 10.9. The number of nitrogens with zero attached hydrogens (tertiary/aromatic N) is 3. The summed E-state index contributed by atoms with van der Waals surface area (Å²) in [5.74, 6) is 0.0536. The maximum atomic E-state index is 12.2. The molecule has 1 aliphatic heterocycles. The van der Waals surface area contributed by atoms with Crippen molar-refractivity contribution in [3.8, 4) is 0 Å². The van der Waals surface area contributed by atoms with Crippen molar-refractivity contribution >= 4 is 23.2 Å². The first kappa shape index (κ1) is 21.2. The van der Waals surface area contributed by atoms with Crippen LogP contribution in [-0.2, 0) is 14.3 Å². The van der Waals surface area contributed by atoms with Crippen molar-refractivity contribution in [1.82, 2.24) is 9.80 Å². The van der Waals surface area contributed by atoms with Crippen LogP contribution in [0.1, 0.15) is 20.3 Å². The number of hydrogen-bond donors (Lipinski definition) is 1. The van der Waals surface area contributed by atoms with Gasteiger partial charge in [0, 0.05) is 50.5 Å². The minimum atomic E-state index is -0.0451. The van der Waals surface area contributed by atoms with Crippen LogP contribution < -0.4 is 10.2 Å². The molecule has 2 amide bonds. The van der Waals surface area contributed by atoms with Crippen molar-refractivity contribution in [1.29, 1.82) is 0 Å². The number of likely N-dealkylation sites (N-methyl/N-ethyl adjacent to an activating group) is 2. The van der Waals surface area contributed by atoms with Crippen LogP contribution in [0.25, 0.3) is 0 Å². The van der Waals surface area contributed by atoms with E-state index in [1.165, 1.54) is 0 Å². The predicted octanol–water partition coefficient (Wildman–Crippen LogP) is 1.65. The Bertz CT molecular complexity index is 596. The van der Waals surface area contributed by atoms with Gasteiger partial charge >= 0.3 is 0 Å². The molecule has 0 bridgehead atoms. The van der Waals surface area contributed by atoms with Gasteiger partial charge in [-0.1, -0.05) is 0 Å². The van der Waals surface area contributed by atoms with E-state index in [0.717, 1.165) is 37.7 Å². The highest BCUT2D eigenvalue weighted by Crippen LogP contribution is 2.19. The van der Waals surface area contributed by atoms with Gasteiger partial charge in [-0.25, -0.2) is 0 Å². The molecule has 0 aliphatic carbocycles. The van der Waals surface area contributed by atoms with Gasteiger partial charge in [0.1, 0.15) is 0 Å². The maximum absolute atomic E-state index is 12.2. The molecule has 7 nitrogen and oxygen atoms in total. The highest BCUT2D eigenvalue weighted by Gasteiger charge is 2.14. The van der Waals surface area contributed by atoms with E-state index in [1.54, 1.807) is 4.90 Å². The lowest BCUT2D eigenvalue weighted by atomic mass is 10.2. The van der Waals surface area contributed by atoms with E-state index >= 15 is 0 Å². The molecule has 150 valence electrons. The number of nitrogens with one attached hydrogen (secondary N) is 1. The summed E-state index contributed by atoms with van der Waals surface area (Å²) < 4.78 is 5.37. The van der Waals surface area contributed by atoms with Crippen molar-refractivity contribution in [3.05, 3.63) is 24.3 Å². The molecule has 1 fully saturated rings. The third kappa shape index (κ3) is 6.84. The summed E-state index contributed by atoms with van der Waals surface area (Å²) in [5, 5.41) is 2.92. The lowest BCUT2D eigenvalue weighted by Gasteiger charge is -2.28. The normalized spacial score (nSPS) is 14.3. The molecule has 1 saturated heterocycles. The van der Waals surface area contributed by atoms with Crippen LogP contribution in [0.5, 0.6) is 0 Å². The smallest absolute Gasteiger partial charge is 0.236 e. The summed E-state index contributed by atoms with van der Waals surface area (Å²) in [5.41, 5.74) is 1.94. The molecule has 1 aromatic rings. The van der Waals surface area contributed by atoms with Crippen LogP contribution in [-0.4, -0.2) is 81.1 Å². The van der Waals surface area contributed by atoms with Crippen LogP contribution in [0.3, 0.4) is 0 Å². The highest BCUT2D eigenvalue weighted by atomic mass is 16.5. The number of hydrogen-bond acceptors (Lipinski definition) is 5. The van der Waals surface area contributed by atoms with Crippen LogP contribution >= 0.6 is 0 Å². The third-order valence-corrected chi connectivity index (χ3v) is 4.77. The molecule has 0 aromatic heterocycles. The van der Waals surface area contributed by atoms with E-state index in [1.807, 2.05) is 50.1 Å². The van der Waals surface area contributed by atoms with E-state index in [-0.39, 0.29) is 11.8 Å². The monoisotopic (exact) mass is 376 g/mol. The van der Waals surface area contributed by atoms with Gasteiger partial charge in [-0.05, 0) is 45.2 Å². The molecule has 1 aromatic carbocycles. The molecule has 0 spiro atoms. The Morgan fingerprint density at radius 2 is 1.74 bits per heavy atom. The summed E-state index contributed by atoms with van der Waals surface area (Å²) in [6, 6.07) is 7.90. The number of ether oxygens (including phenoxy) is 1. The van der Waals surface area contributed by atoms with Crippen LogP contribution in [0.2, 0.25) is 0 Å². The topological polar surface area (TPSA) is 65.1 Å². The zero-order valence-corrected chi connectivity index (χ0v) is 16.7. The molecule has 1 heterocycles. The van der Waals surface area contributed by atoms with Crippen LogP contribution in [0, 0.1) is 0 Å². The summed E-state index contributed by atoms with van der Waals surface area (Å²) in [6.45, 7) is 9.54. The van der Waals surface area contributed by atoms with Crippen LogP contribution in [0.4, 0.5) is 11.4 Å². The fourth-order valence-electron chi connectivity index (χ4n) is 3.08. The summed E-state index contributed by atoms with van der Waals surface area (Å²) in [6.07, 6.45) is 0.354. The van der Waals surface area contributed by atoms with Crippen molar-refractivity contribution in [2.75, 3.05) is 69.7 Å². The Hall–Kier alpha value is -2.12. The second-order valence-corrected chi connectivity index (χ2v) is 6.75. The second-order valence-electron chi connectivity index (χ2n) is 6.75. The molecule has 0 radical (unpaired) electrons. The van der Waals surface area contributed by atoms with E-state index in [2.05, 4.69) is 10.2 Å². The van der Waals surface area contributed by atoms with Crippen molar-refractivity contribution < 1.29 is 14.3 Å². The number of morpholine rings is 1. The van der Waals surface area contributed by atoms with Gasteiger partial charge < -0.3 is 19.9 Å². The minimum Gasteiger partial charge on any atom is -0.378 e. The van der Waals surface area contributed by atoms with E-state index in [9.17, 15) is 9.59 Å². The predicted molar refractivity (Wildman–Crippen MR) is 108 cm³/mol. The minimum absolute atomic E-state index is 0.0451. The first-order valence-electron chi connectivity index (χ1n) is 9.72. The lowest BCUT2D eigenvalue weighted by Crippen LogP contribution is -2.39. The average molecular weight is 377 g/mol. The number of carbonyl (C=O) groups excluding carboxylic acids is 2. The first-order chi connectivity index (χ1) is 13.0. The van der Waals surface area contributed by atoms with E-state index in [0.29, 0.717) is 32.6 Å². The quantitative estimate of drug-likeness (QED) is 0.710. The van der Waals surface area contributed by atoms with Gasteiger partial charge in [0.05, 0.1) is 19.8 Å². The van der Waals surface area contributed by atoms with Gasteiger partial charge in [0.25, 0.3) is 0 Å². The average Bonchev–Trinajstić information content (AvgIpc) is 2.68. The van der Waals surface area contributed by atoms with Crippen LogP contribution in [0.15, 0.2) is 24.3 Å². The molecule has 2 rings (SSSR count). The zero-order valence-electron chi connectivity index (χ0n) is 16.7. The van der Waals surface area contributed by atoms with Gasteiger partial charge in [0.15, 0.2) is 0 Å². The van der Waals surface area contributed by atoms with Gasteiger partial charge in [-0.15, -0.1) is 0 Å². The first-order valence-corrected chi connectivity index (χ1v) is 9.72. The Kier molecular flexibility index (Phi) is 8.54. The molecule has 7 heteroatoms. The highest BCUT2D eigenvalue weighted by molar-refractivity contribution is 5.91. The molecule has 0 saturated carbocycles. The van der Waals surface area contributed by atoms with Gasteiger partial charge in [-0.3, -0.25) is 14.5 Å². The zero-order chi connectivity index (χ0) is 19.6. The fraction of sp³-hybridized carbons (Fsp3) is 0.600. The molecular formula is C20H32N4O3. The maximum Gasteiger partial charge on any atom is 0.236 e. The number of carbonyl (C=O) groups is 2. The Morgan fingerprint density at radius 3 is 2.33 bits per heavy atom. The largest absolute Gasteiger partial charge is 0.378 e. The van der Waals surface area contributed by atoms with Gasteiger partial charge in [-0.2, -0.15) is 0 Å². The molecule has 0 unspecified atom stereocenters.